The van der Waals surface area contributed by atoms with Crippen LogP contribution in [0.25, 0.3) is 6.08 Å². The first-order chi connectivity index (χ1) is 10.6. The van der Waals surface area contributed by atoms with Gasteiger partial charge in [-0.1, -0.05) is 6.08 Å². The second-order valence-corrected chi connectivity index (χ2v) is 4.22. The summed E-state index contributed by atoms with van der Waals surface area (Å²) in [7, 11) is 1.31. The van der Waals surface area contributed by atoms with E-state index in [2.05, 4.69) is 9.72 Å². The van der Waals surface area contributed by atoms with Crippen molar-refractivity contribution in [1.82, 2.24) is 4.98 Å². The van der Waals surface area contributed by atoms with Gasteiger partial charge in [0, 0.05) is 18.0 Å². The fourth-order valence-electron chi connectivity index (χ4n) is 1.76. The van der Waals surface area contributed by atoms with Gasteiger partial charge in [0.2, 0.25) is 0 Å². The number of hydrogen-bond acceptors (Lipinski definition) is 4. The standard InChI is InChI=1S/C16H13F2NO3/c1-21-15-10-12(3-5-14(15)22-16(17)18)13(20)4-2-11-6-8-19-9-7-11/h2-10,16H,1H3/b4-2+. The predicted molar refractivity (Wildman–Crippen MR) is 77.2 cm³/mol. The molecule has 2 rings (SSSR count). The number of carbonyl (C=O) groups is 1. The van der Waals surface area contributed by atoms with Crippen molar-refractivity contribution in [1.29, 1.82) is 0 Å². The summed E-state index contributed by atoms with van der Waals surface area (Å²) in [5, 5.41) is 0. The summed E-state index contributed by atoms with van der Waals surface area (Å²) < 4.78 is 33.7. The maximum Gasteiger partial charge on any atom is 0.387 e. The van der Waals surface area contributed by atoms with E-state index in [4.69, 9.17) is 4.74 Å². The Hall–Kier alpha value is -2.76. The molecule has 0 radical (unpaired) electrons. The van der Waals surface area contributed by atoms with Gasteiger partial charge in [0.05, 0.1) is 7.11 Å². The topological polar surface area (TPSA) is 48.4 Å². The Morgan fingerprint density at radius 3 is 2.55 bits per heavy atom. The van der Waals surface area contributed by atoms with Crippen LogP contribution in [0.4, 0.5) is 8.78 Å². The Labute approximate surface area is 126 Å². The molecule has 0 fully saturated rings. The number of aromatic nitrogens is 1. The number of methoxy groups -OCH3 is 1. The maximum atomic E-state index is 12.2. The molecular formula is C16H13F2NO3. The number of pyridine rings is 1. The van der Waals surface area contributed by atoms with Crippen LogP contribution in [0.5, 0.6) is 11.5 Å². The fraction of sp³-hybridized carbons (Fsp3) is 0.125. The normalized spacial score (nSPS) is 10.9. The summed E-state index contributed by atoms with van der Waals surface area (Å²) in [5.74, 6) is -0.325. The molecule has 0 unspecified atom stereocenters. The zero-order valence-corrected chi connectivity index (χ0v) is 11.7. The number of hydrogen-bond donors (Lipinski definition) is 0. The monoisotopic (exact) mass is 305 g/mol. The molecule has 0 bridgehead atoms. The third-order valence-electron chi connectivity index (χ3n) is 2.80. The third kappa shape index (κ3) is 4.12. The minimum atomic E-state index is -2.96. The average Bonchev–Trinajstić information content (AvgIpc) is 2.53. The van der Waals surface area contributed by atoms with Crippen molar-refractivity contribution in [3.63, 3.8) is 0 Å². The van der Waals surface area contributed by atoms with Crippen LogP contribution in [0.15, 0.2) is 48.8 Å². The van der Waals surface area contributed by atoms with Crippen molar-refractivity contribution in [3.8, 4) is 11.5 Å². The van der Waals surface area contributed by atoms with Crippen molar-refractivity contribution in [2.45, 2.75) is 6.61 Å². The number of benzene rings is 1. The van der Waals surface area contributed by atoms with Crippen molar-refractivity contribution < 1.29 is 23.0 Å². The van der Waals surface area contributed by atoms with Crippen LogP contribution in [0.3, 0.4) is 0 Å². The largest absolute Gasteiger partial charge is 0.493 e. The molecule has 114 valence electrons. The van der Waals surface area contributed by atoms with E-state index >= 15 is 0 Å². The van der Waals surface area contributed by atoms with Crippen LogP contribution in [-0.4, -0.2) is 24.5 Å². The van der Waals surface area contributed by atoms with Crippen molar-refractivity contribution in [2.75, 3.05) is 7.11 Å². The number of ketones is 1. The number of allylic oxidation sites excluding steroid dienone is 1. The third-order valence-corrected chi connectivity index (χ3v) is 2.80. The smallest absolute Gasteiger partial charge is 0.387 e. The molecule has 4 nitrogen and oxygen atoms in total. The predicted octanol–water partition coefficient (Wildman–Crippen LogP) is 3.59. The lowest BCUT2D eigenvalue weighted by Crippen LogP contribution is -2.04. The van der Waals surface area contributed by atoms with E-state index in [0.717, 1.165) is 5.56 Å². The molecule has 0 N–H and O–H groups in total. The Morgan fingerprint density at radius 2 is 1.91 bits per heavy atom. The van der Waals surface area contributed by atoms with E-state index in [1.165, 1.54) is 31.4 Å². The number of rotatable bonds is 6. The highest BCUT2D eigenvalue weighted by molar-refractivity contribution is 6.07. The number of ether oxygens (including phenoxy) is 2. The summed E-state index contributed by atoms with van der Waals surface area (Å²) in [5.41, 5.74) is 1.14. The molecule has 2 aromatic rings. The van der Waals surface area contributed by atoms with Gasteiger partial charge in [0.25, 0.3) is 0 Å². The van der Waals surface area contributed by atoms with Crippen LogP contribution in [-0.2, 0) is 0 Å². The lowest BCUT2D eigenvalue weighted by molar-refractivity contribution is -0.0512. The zero-order chi connectivity index (χ0) is 15.9. The second kappa shape index (κ2) is 7.31. The van der Waals surface area contributed by atoms with Gasteiger partial charge in [-0.05, 0) is 42.0 Å². The highest BCUT2D eigenvalue weighted by atomic mass is 19.3. The second-order valence-electron chi connectivity index (χ2n) is 4.22. The zero-order valence-electron chi connectivity index (χ0n) is 11.7. The molecule has 0 aliphatic carbocycles. The lowest BCUT2D eigenvalue weighted by Gasteiger charge is -2.10. The van der Waals surface area contributed by atoms with Gasteiger partial charge in [-0.2, -0.15) is 8.78 Å². The lowest BCUT2D eigenvalue weighted by atomic mass is 10.1. The van der Waals surface area contributed by atoms with Crippen LogP contribution < -0.4 is 9.47 Å². The minimum absolute atomic E-state index is 0.0726. The molecule has 0 saturated carbocycles. The molecule has 1 heterocycles. The van der Waals surface area contributed by atoms with Crippen molar-refractivity contribution in [2.24, 2.45) is 0 Å². The molecule has 22 heavy (non-hydrogen) atoms. The summed E-state index contributed by atoms with van der Waals surface area (Å²) in [6, 6.07) is 7.54. The molecule has 0 spiro atoms. The highest BCUT2D eigenvalue weighted by Gasteiger charge is 2.13. The first kappa shape index (κ1) is 15.6. The first-order valence-electron chi connectivity index (χ1n) is 6.35. The van der Waals surface area contributed by atoms with Crippen LogP contribution in [0.2, 0.25) is 0 Å². The van der Waals surface area contributed by atoms with Gasteiger partial charge in [0.1, 0.15) is 0 Å². The quantitative estimate of drug-likeness (QED) is 0.604. The molecular weight excluding hydrogens is 292 g/mol. The van der Waals surface area contributed by atoms with Gasteiger partial charge >= 0.3 is 6.61 Å². The van der Waals surface area contributed by atoms with E-state index < -0.39 is 6.61 Å². The molecule has 1 aromatic heterocycles. The SMILES string of the molecule is COc1cc(C(=O)/C=C/c2ccncc2)ccc1OC(F)F. The number of nitrogens with zero attached hydrogens (tertiary/aromatic N) is 1. The number of halogens is 2. The first-order valence-corrected chi connectivity index (χ1v) is 6.35. The Kier molecular flexibility index (Phi) is 5.19. The maximum absolute atomic E-state index is 12.2. The van der Waals surface area contributed by atoms with Gasteiger partial charge in [-0.15, -0.1) is 0 Å². The van der Waals surface area contributed by atoms with E-state index in [-0.39, 0.29) is 17.3 Å². The summed E-state index contributed by atoms with van der Waals surface area (Å²) >= 11 is 0. The molecule has 0 aliphatic heterocycles. The van der Waals surface area contributed by atoms with E-state index in [9.17, 15) is 13.6 Å². The summed E-state index contributed by atoms with van der Waals surface area (Å²) in [6.45, 7) is -2.96. The minimum Gasteiger partial charge on any atom is -0.493 e. The van der Waals surface area contributed by atoms with E-state index in [1.807, 2.05) is 0 Å². The number of alkyl halides is 2. The average molecular weight is 305 g/mol. The summed E-state index contributed by atoms with van der Waals surface area (Å²) in [4.78, 5) is 15.9. The van der Waals surface area contributed by atoms with Crippen LogP contribution in [0.1, 0.15) is 15.9 Å². The van der Waals surface area contributed by atoms with Gasteiger partial charge in [-0.25, -0.2) is 0 Å². The van der Waals surface area contributed by atoms with E-state index in [1.54, 1.807) is 30.6 Å². The summed E-state index contributed by atoms with van der Waals surface area (Å²) in [6.07, 6.45) is 6.26. The fourth-order valence-corrected chi connectivity index (χ4v) is 1.76. The van der Waals surface area contributed by atoms with Gasteiger partial charge in [-0.3, -0.25) is 9.78 Å². The van der Waals surface area contributed by atoms with Gasteiger partial charge in [0.15, 0.2) is 17.3 Å². The van der Waals surface area contributed by atoms with E-state index in [0.29, 0.717) is 5.56 Å². The molecule has 0 aliphatic rings. The molecule has 0 atom stereocenters. The molecule has 1 aromatic carbocycles. The van der Waals surface area contributed by atoms with Crippen LogP contribution >= 0.6 is 0 Å². The Balaban J connectivity index is 2.18. The Bertz CT molecular complexity index is 672. The Morgan fingerprint density at radius 1 is 1.18 bits per heavy atom. The highest BCUT2D eigenvalue weighted by Crippen LogP contribution is 2.29. The van der Waals surface area contributed by atoms with Crippen molar-refractivity contribution in [3.05, 3.63) is 59.9 Å². The molecule has 0 amide bonds. The molecule has 0 saturated heterocycles. The molecule has 6 heteroatoms. The van der Waals surface area contributed by atoms with Gasteiger partial charge < -0.3 is 9.47 Å². The van der Waals surface area contributed by atoms with Crippen molar-refractivity contribution >= 4 is 11.9 Å². The number of carbonyl (C=O) groups excluding carboxylic acids is 1. The van der Waals surface area contributed by atoms with Crippen LogP contribution in [0, 0.1) is 0 Å².